The molecule has 20 heavy (non-hydrogen) atoms. The zero-order valence-electron chi connectivity index (χ0n) is 10.4. The number of anilines is 1. The molecule has 0 radical (unpaired) electrons. The Morgan fingerprint density at radius 2 is 2.10 bits per heavy atom. The van der Waals surface area contributed by atoms with Gasteiger partial charge in [-0.15, -0.1) is 0 Å². The lowest BCUT2D eigenvalue weighted by atomic mass is 10.1. The third-order valence-electron chi connectivity index (χ3n) is 3.08. The van der Waals surface area contributed by atoms with Crippen LogP contribution in [0.1, 0.15) is 11.1 Å². The lowest BCUT2D eigenvalue weighted by Crippen LogP contribution is -2.05. The number of halogens is 3. The van der Waals surface area contributed by atoms with Crippen LogP contribution in [0.2, 0.25) is 0 Å². The summed E-state index contributed by atoms with van der Waals surface area (Å²) in [7, 11) is 0. The van der Waals surface area contributed by atoms with E-state index in [1.165, 1.54) is 11.6 Å². The van der Waals surface area contributed by atoms with Gasteiger partial charge < -0.3 is 10.1 Å². The number of rotatable bonds is 3. The summed E-state index contributed by atoms with van der Waals surface area (Å²) in [5.74, 6) is 0.755. The van der Waals surface area contributed by atoms with Gasteiger partial charge in [-0.2, -0.15) is 0 Å². The molecular formula is C14H11Br2FN2O. The molecule has 3 nitrogen and oxygen atoms in total. The molecule has 0 fully saturated rings. The average molecular weight is 402 g/mol. The highest BCUT2D eigenvalue weighted by Crippen LogP contribution is 2.33. The van der Waals surface area contributed by atoms with Crippen LogP contribution in [0.4, 0.5) is 10.2 Å². The van der Waals surface area contributed by atoms with Crippen LogP contribution in [0.3, 0.4) is 0 Å². The van der Waals surface area contributed by atoms with E-state index in [0.29, 0.717) is 17.6 Å². The second-order valence-electron chi connectivity index (χ2n) is 4.49. The van der Waals surface area contributed by atoms with Gasteiger partial charge in [0.25, 0.3) is 0 Å². The third-order valence-corrected chi connectivity index (χ3v) is 3.97. The van der Waals surface area contributed by atoms with E-state index in [4.69, 9.17) is 4.74 Å². The molecule has 0 spiro atoms. The van der Waals surface area contributed by atoms with Gasteiger partial charge in [-0.05, 0) is 39.7 Å². The minimum absolute atomic E-state index is 0.236. The lowest BCUT2D eigenvalue weighted by molar-refractivity contribution is 0.354. The number of pyridine rings is 1. The molecule has 1 aromatic carbocycles. The van der Waals surface area contributed by atoms with Crippen LogP contribution in [0, 0.1) is 5.82 Å². The van der Waals surface area contributed by atoms with Gasteiger partial charge in [0.1, 0.15) is 5.75 Å². The van der Waals surface area contributed by atoms with Gasteiger partial charge in [0.2, 0.25) is 0 Å². The summed E-state index contributed by atoms with van der Waals surface area (Å²) in [6, 6.07) is 5.43. The molecule has 0 bridgehead atoms. The number of benzene rings is 1. The Labute approximate surface area is 132 Å². The zero-order valence-corrected chi connectivity index (χ0v) is 13.6. The van der Waals surface area contributed by atoms with Crippen molar-refractivity contribution >= 4 is 37.7 Å². The van der Waals surface area contributed by atoms with Gasteiger partial charge in [0, 0.05) is 33.7 Å². The average Bonchev–Trinajstić information content (AvgIpc) is 2.85. The molecule has 2 aromatic rings. The Balaban J connectivity index is 1.82. The van der Waals surface area contributed by atoms with Crippen LogP contribution >= 0.6 is 31.9 Å². The number of ether oxygens (including phenoxy) is 1. The van der Waals surface area contributed by atoms with Gasteiger partial charge >= 0.3 is 0 Å². The first-order valence-electron chi connectivity index (χ1n) is 6.12. The Hall–Kier alpha value is -1.14. The predicted molar refractivity (Wildman–Crippen MR) is 82.6 cm³/mol. The molecule has 1 aliphatic heterocycles. The van der Waals surface area contributed by atoms with Gasteiger partial charge in [0.05, 0.1) is 6.61 Å². The number of fused-ring (bicyclic) bond motifs is 1. The summed E-state index contributed by atoms with van der Waals surface area (Å²) in [6.07, 6.45) is 2.47. The van der Waals surface area contributed by atoms with E-state index < -0.39 is 0 Å². The van der Waals surface area contributed by atoms with Gasteiger partial charge in [-0.1, -0.05) is 15.9 Å². The van der Waals surface area contributed by atoms with E-state index in [1.54, 1.807) is 6.20 Å². The van der Waals surface area contributed by atoms with Crippen molar-refractivity contribution in [3.8, 4) is 5.75 Å². The molecule has 0 aliphatic carbocycles. The van der Waals surface area contributed by atoms with Gasteiger partial charge in [-0.3, -0.25) is 0 Å². The highest BCUT2D eigenvalue weighted by Gasteiger charge is 2.17. The topological polar surface area (TPSA) is 34.2 Å². The zero-order chi connectivity index (χ0) is 14.1. The van der Waals surface area contributed by atoms with Crippen molar-refractivity contribution in [3.63, 3.8) is 0 Å². The third kappa shape index (κ3) is 2.81. The highest BCUT2D eigenvalue weighted by atomic mass is 79.9. The maximum Gasteiger partial charge on any atom is 0.166 e. The summed E-state index contributed by atoms with van der Waals surface area (Å²) in [5, 5.41) is 3.01. The standard InChI is InChI=1S/C14H11Br2FN2O/c15-10-3-8-1-2-20-13(8)9(4-10)6-18-14-12(17)5-11(16)7-19-14/h3-5,7H,1-2,6H2,(H,18,19). The van der Waals surface area contributed by atoms with Crippen molar-refractivity contribution < 1.29 is 9.13 Å². The molecule has 2 heterocycles. The molecule has 0 atom stereocenters. The first-order valence-corrected chi connectivity index (χ1v) is 7.71. The number of nitrogens with one attached hydrogen (secondary N) is 1. The molecule has 0 unspecified atom stereocenters. The van der Waals surface area contributed by atoms with E-state index in [-0.39, 0.29) is 11.6 Å². The molecule has 1 aliphatic rings. The Bertz CT molecular complexity index is 664. The Morgan fingerprint density at radius 1 is 1.25 bits per heavy atom. The van der Waals surface area contributed by atoms with Crippen molar-refractivity contribution in [3.05, 3.63) is 50.3 Å². The van der Waals surface area contributed by atoms with Crippen molar-refractivity contribution in [1.82, 2.24) is 4.98 Å². The number of nitrogens with zero attached hydrogens (tertiary/aromatic N) is 1. The van der Waals surface area contributed by atoms with Gasteiger partial charge in [-0.25, -0.2) is 9.37 Å². The number of aromatic nitrogens is 1. The van der Waals surface area contributed by atoms with E-state index in [9.17, 15) is 4.39 Å². The van der Waals surface area contributed by atoms with Crippen molar-refractivity contribution in [2.45, 2.75) is 13.0 Å². The molecule has 1 N–H and O–H groups in total. The number of hydrogen-bond acceptors (Lipinski definition) is 3. The largest absolute Gasteiger partial charge is 0.493 e. The fraction of sp³-hybridized carbons (Fsp3) is 0.214. The SMILES string of the molecule is Fc1cc(Br)cnc1NCc1cc(Br)cc2c1OCC2. The minimum Gasteiger partial charge on any atom is -0.493 e. The molecule has 6 heteroatoms. The van der Waals surface area contributed by atoms with E-state index in [1.807, 2.05) is 6.07 Å². The van der Waals surface area contributed by atoms with Crippen molar-refractivity contribution in [2.24, 2.45) is 0 Å². The first kappa shape index (κ1) is 13.8. The summed E-state index contributed by atoms with van der Waals surface area (Å²) >= 11 is 6.67. The molecule has 104 valence electrons. The molecule has 0 saturated carbocycles. The normalized spacial score (nSPS) is 12.9. The summed E-state index contributed by atoms with van der Waals surface area (Å²) in [6.45, 7) is 1.16. The van der Waals surface area contributed by atoms with Crippen molar-refractivity contribution in [2.75, 3.05) is 11.9 Å². The summed E-state index contributed by atoms with van der Waals surface area (Å²) in [5.41, 5.74) is 2.18. The first-order chi connectivity index (χ1) is 9.63. The summed E-state index contributed by atoms with van der Waals surface area (Å²) in [4.78, 5) is 4.02. The van der Waals surface area contributed by atoms with Crippen LogP contribution in [-0.4, -0.2) is 11.6 Å². The van der Waals surface area contributed by atoms with Crippen LogP contribution in [0.15, 0.2) is 33.3 Å². The summed E-state index contributed by atoms with van der Waals surface area (Å²) < 4.78 is 21.0. The predicted octanol–water partition coefficient (Wildman–Crippen LogP) is 4.29. The molecule has 0 saturated heterocycles. The molecule has 0 amide bonds. The van der Waals surface area contributed by atoms with Crippen LogP contribution < -0.4 is 10.1 Å². The second-order valence-corrected chi connectivity index (χ2v) is 6.32. The van der Waals surface area contributed by atoms with Gasteiger partial charge in [0.15, 0.2) is 11.6 Å². The Kier molecular flexibility index (Phi) is 3.94. The fourth-order valence-electron chi connectivity index (χ4n) is 2.20. The smallest absolute Gasteiger partial charge is 0.166 e. The molecule has 1 aromatic heterocycles. The van der Waals surface area contributed by atoms with E-state index in [2.05, 4.69) is 48.2 Å². The van der Waals surface area contributed by atoms with Crippen LogP contribution in [-0.2, 0) is 13.0 Å². The highest BCUT2D eigenvalue weighted by molar-refractivity contribution is 9.10. The number of hydrogen-bond donors (Lipinski definition) is 1. The molecule has 3 rings (SSSR count). The quantitative estimate of drug-likeness (QED) is 0.832. The van der Waals surface area contributed by atoms with Crippen molar-refractivity contribution in [1.29, 1.82) is 0 Å². The van der Waals surface area contributed by atoms with E-state index >= 15 is 0 Å². The maximum absolute atomic E-state index is 13.7. The minimum atomic E-state index is -0.382. The Morgan fingerprint density at radius 3 is 2.90 bits per heavy atom. The monoisotopic (exact) mass is 400 g/mol. The van der Waals surface area contributed by atoms with Crippen LogP contribution in [0.5, 0.6) is 5.75 Å². The fourth-order valence-corrected chi connectivity index (χ4v) is 3.06. The molecular weight excluding hydrogens is 391 g/mol. The van der Waals surface area contributed by atoms with Crippen LogP contribution in [0.25, 0.3) is 0 Å². The lowest BCUT2D eigenvalue weighted by Gasteiger charge is -2.11. The van der Waals surface area contributed by atoms with E-state index in [0.717, 1.165) is 22.2 Å². The second kappa shape index (κ2) is 5.69. The maximum atomic E-state index is 13.7.